The Bertz CT molecular complexity index is 317. The number of nitrogen functional groups attached to an aromatic ring is 1. The van der Waals surface area contributed by atoms with Crippen molar-refractivity contribution in [3.8, 4) is 0 Å². The van der Waals surface area contributed by atoms with E-state index in [2.05, 4.69) is 22.4 Å². The van der Waals surface area contributed by atoms with Crippen molar-refractivity contribution in [1.29, 1.82) is 0 Å². The standard InChI is InChI=1S/C9H16N4OS/c1-2-15-7-5-3-4-6(7)11-9-13-12-8(10)14-9/h6-7H,2-5H2,1H3,(H2,10,12)(H,11,13). The van der Waals surface area contributed by atoms with Gasteiger partial charge in [0.1, 0.15) is 0 Å². The van der Waals surface area contributed by atoms with Crippen LogP contribution in [-0.2, 0) is 0 Å². The van der Waals surface area contributed by atoms with Crippen LogP contribution in [0, 0.1) is 0 Å². The third kappa shape index (κ3) is 2.56. The predicted octanol–water partition coefficient (Wildman–Crippen LogP) is 1.74. The normalized spacial score (nSPS) is 25.7. The van der Waals surface area contributed by atoms with E-state index >= 15 is 0 Å². The molecule has 2 unspecified atom stereocenters. The number of hydrogen-bond donors (Lipinski definition) is 2. The Morgan fingerprint density at radius 1 is 1.53 bits per heavy atom. The SMILES string of the molecule is CCSC1CCCC1Nc1nnc(N)o1. The van der Waals surface area contributed by atoms with E-state index in [-0.39, 0.29) is 6.01 Å². The summed E-state index contributed by atoms with van der Waals surface area (Å²) in [6.45, 7) is 2.19. The number of anilines is 2. The van der Waals surface area contributed by atoms with Crippen molar-refractivity contribution >= 4 is 23.8 Å². The molecule has 2 rings (SSSR count). The minimum atomic E-state index is 0.121. The maximum absolute atomic E-state index is 5.36. The number of aromatic nitrogens is 2. The molecule has 2 atom stereocenters. The van der Waals surface area contributed by atoms with Crippen molar-refractivity contribution in [2.24, 2.45) is 0 Å². The van der Waals surface area contributed by atoms with Crippen LogP contribution in [0.5, 0.6) is 0 Å². The smallest absolute Gasteiger partial charge is 0.317 e. The molecule has 0 aliphatic heterocycles. The minimum Gasteiger partial charge on any atom is -0.390 e. The van der Waals surface area contributed by atoms with Crippen LogP contribution in [0.2, 0.25) is 0 Å². The van der Waals surface area contributed by atoms with Crippen molar-refractivity contribution in [3.05, 3.63) is 0 Å². The topological polar surface area (TPSA) is 77.0 Å². The minimum absolute atomic E-state index is 0.121. The highest BCUT2D eigenvalue weighted by molar-refractivity contribution is 7.99. The summed E-state index contributed by atoms with van der Waals surface area (Å²) in [5.41, 5.74) is 5.36. The zero-order valence-electron chi connectivity index (χ0n) is 8.77. The molecule has 0 radical (unpaired) electrons. The van der Waals surface area contributed by atoms with Crippen LogP contribution in [0.15, 0.2) is 4.42 Å². The lowest BCUT2D eigenvalue weighted by Crippen LogP contribution is -2.26. The molecule has 1 aliphatic carbocycles. The molecule has 84 valence electrons. The second-order valence-electron chi connectivity index (χ2n) is 3.62. The average molecular weight is 228 g/mol. The molecule has 0 saturated heterocycles. The fraction of sp³-hybridized carbons (Fsp3) is 0.778. The molecule has 0 bridgehead atoms. The summed E-state index contributed by atoms with van der Waals surface area (Å²) in [6.07, 6.45) is 3.69. The van der Waals surface area contributed by atoms with E-state index in [1.54, 1.807) is 0 Å². The van der Waals surface area contributed by atoms with Crippen LogP contribution in [0.3, 0.4) is 0 Å². The average Bonchev–Trinajstić information content (AvgIpc) is 2.78. The van der Waals surface area contributed by atoms with Gasteiger partial charge in [0.25, 0.3) is 0 Å². The molecular weight excluding hydrogens is 212 g/mol. The maximum atomic E-state index is 5.36. The first-order valence-corrected chi connectivity index (χ1v) is 6.31. The van der Waals surface area contributed by atoms with Gasteiger partial charge in [-0.1, -0.05) is 23.5 Å². The van der Waals surface area contributed by atoms with Gasteiger partial charge in [0.05, 0.1) is 0 Å². The molecule has 1 aromatic heterocycles. The quantitative estimate of drug-likeness (QED) is 0.817. The lowest BCUT2D eigenvalue weighted by Gasteiger charge is -2.18. The Kier molecular flexibility index (Phi) is 3.35. The van der Waals surface area contributed by atoms with E-state index < -0.39 is 0 Å². The lowest BCUT2D eigenvalue weighted by atomic mass is 10.2. The van der Waals surface area contributed by atoms with Gasteiger partial charge >= 0.3 is 12.0 Å². The van der Waals surface area contributed by atoms with Crippen molar-refractivity contribution in [1.82, 2.24) is 10.2 Å². The summed E-state index contributed by atoms with van der Waals surface area (Å²) in [5.74, 6) is 1.15. The molecule has 0 amide bonds. The van der Waals surface area contributed by atoms with Gasteiger partial charge in [-0.05, 0) is 18.6 Å². The molecule has 1 aromatic rings. The molecule has 1 aliphatic rings. The van der Waals surface area contributed by atoms with Crippen LogP contribution in [0.4, 0.5) is 12.0 Å². The largest absolute Gasteiger partial charge is 0.390 e. The lowest BCUT2D eigenvalue weighted by molar-refractivity contribution is 0.572. The van der Waals surface area contributed by atoms with Gasteiger partial charge in [-0.25, -0.2) is 0 Å². The van der Waals surface area contributed by atoms with E-state index in [9.17, 15) is 0 Å². The van der Waals surface area contributed by atoms with Crippen molar-refractivity contribution in [3.63, 3.8) is 0 Å². The Balaban J connectivity index is 1.93. The van der Waals surface area contributed by atoms with E-state index in [4.69, 9.17) is 10.2 Å². The summed E-state index contributed by atoms with van der Waals surface area (Å²) in [5, 5.41) is 11.3. The van der Waals surface area contributed by atoms with E-state index in [0.29, 0.717) is 17.3 Å². The van der Waals surface area contributed by atoms with Gasteiger partial charge in [-0.3, -0.25) is 0 Å². The van der Waals surface area contributed by atoms with Gasteiger partial charge in [0, 0.05) is 11.3 Å². The second-order valence-corrected chi connectivity index (χ2v) is 5.14. The first-order valence-electron chi connectivity index (χ1n) is 5.26. The number of nitrogens with one attached hydrogen (secondary N) is 1. The van der Waals surface area contributed by atoms with Gasteiger partial charge in [-0.2, -0.15) is 11.8 Å². The summed E-state index contributed by atoms with van der Waals surface area (Å²) in [7, 11) is 0. The van der Waals surface area contributed by atoms with Crippen LogP contribution in [0.25, 0.3) is 0 Å². The van der Waals surface area contributed by atoms with Crippen LogP contribution < -0.4 is 11.1 Å². The summed E-state index contributed by atoms with van der Waals surface area (Å²) < 4.78 is 5.11. The monoisotopic (exact) mass is 228 g/mol. The van der Waals surface area contributed by atoms with Gasteiger partial charge in [0.15, 0.2) is 0 Å². The molecule has 0 spiro atoms. The first kappa shape index (κ1) is 10.6. The Hall–Kier alpha value is -0.910. The third-order valence-corrected chi connectivity index (χ3v) is 3.91. The van der Waals surface area contributed by atoms with Crippen LogP contribution >= 0.6 is 11.8 Å². The van der Waals surface area contributed by atoms with Crippen molar-refractivity contribution in [2.75, 3.05) is 16.8 Å². The molecule has 1 heterocycles. The molecule has 1 saturated carbocycles. The Labute approximate surface area is 93.2 Å². The second kappa shape index (κ2) is 4.74. The molecule has 0 aromatic carbocycles. The zero-order valence-corrected chi connectivity index (χ0v) is 9.59. The highest BCUT2D eigenvalue weighted by Crippen LogP contribution is 2.31. The predicted molar refractivity (Wildman–Crippen MR) is 61.9 cm³/mol. The van der Waals surface area contributed by atoms with E-state index in [0.717, 1.165) is 5.75 Å². The Morgan fingerprint density at radius 2 is 2.40 bits per heavy atom. The molecule has 6 heteroatoms. The summed E-state index contributed by atoms with van der Waals surface area (Å²) in [6, 6.07) is 1.01. The first-order chi connectivity index (χ1) is 7.29. The van der Waals surface area contributed by atoms with E-state index in [1.807, 2.05) is 11.8 Å². The number of hydrogen-bond acceptors (Lipinski definition) is 6. The molecule has 5 nitrogen and oxygen atoms in total. The number of nitrogens with two attached hydrogens (primary N) is 1. The highest BCUT2D eigenvalue weighted by atomic mass is 32.2. The maximum Gasteiger partial charge on any atom is 0.317 e. The highest BCUT2D eigenvalue weighted by Gasteiger charge is 2.28. The summed E-state index contributed by atoms with van der Waals surface area (Å²) >= 11 is 1.99. The third-order valence-electron chi connectivity index (χ3n) is 2.58. The molecule has 3 N–H and O–H groups in total. The van der Waals surface area contributed by atoms with Crippen LogP contribution in [-0.4, -0.2) is 27.2 Å². The molecular formula is C9H16N4OS. The number of rotatable bonds is 4. The van der Waals surface area contributed by atoms with E-state index in [1.165, 1.54) is 19.3 Å². The zero-order chi connectivity index (χ0) is 10.7. The van der Waals surface area contributed by atoms with Gasteiger partial charge in [-0.15, -0.1) is 0 Å². The fourth-order valence-corrected chi connectivity index (χ4v) is 3.15. The number of thioether (sulfide) groups is 1. The molecule has 15 heavy (non-hydrogen) atoms. The van der Waals surface area contributed by atoms with Gasteiger partial charge < -0.3 is 15.5 Å². The Morgan fingerprint density at radius 3 is 3.07 bits per heavy atom. The fourth-order valence-electron chi connectivity index (χ4n) is 1.96. The van der Waals surface area contributed by atoms with Crippen molar-refractivity contribution in [2.45, 2.75) is 37.5 Å². The summed E-state index contributed by atoms with van der Waals surface area (Å²) in [4.78, 5) is 0. The van der Waals surface area contributed by atoms with Crippen LogP contribution in [0.1, 0.15) is 26.2 Å². The van der Waals surface area contributed by atoms with Gasteiger partial charge in [0.2, 0.25) is 0 Å². The number of nitrogens with zero attached hydrogens (tertiary/aromatic N) is 2. The van der Waals surface area contributed by atoms with Crippen molar-refractivity contribution < 1.29 is 4.42 Å². The molecule has 1 fully saturated rings.